The molecule has 1 aromatic carbocycles. The number of aliphatic carboxylic acids is 1. The lowest BCUT2D eigenvalue weighted by Crippen LogP contribution is -2.37. The van der Waals surface area contributed by atoms with Crippen molar-refractivity contribution in [3.05, 3.63) is 35.6 Å². The van der Waals surface area contributed by atoms with Crippen molar-refractivity contribution >= 4 is 28.7 Å². The number of carbonyl (C=O) groups excluding carboxylic acids is 1. The summed E-state index contributed by atoms with van der Waals surface area (Å²) in [5.41, 5.74) is 6.65. The molecule has 1 aliphatic carbocycles. The topological polar surface area (TPSA) is 129 Å². The number of nitrogens with two attached hydrogens (primary N) is 1. The number of amidine groups is 1. The van der Waals surface area contributed by atoms with E-state index in [1.807, 2.05) is 0 Å². The van der Waals surface area contributed by atoms with Crippen molar-refractivity contribution in [2.24, 2.45) is 11.7 Å². The molecule has 3 rings (SSSR count). The maximum absolute atomic E-state index is 12.4. The van der Waals surface area contributed by atoms with Crippen molar-refractivity contribution in [3.63, 3.8) is 0 Å². The molecule has 1 fully saturated rings. The molecule has 5 N–H and O–H groups in total. The summed E-state index contributed by atoms with van der Waals surface area (Å²) in [6.45, 7) is 0. The molecule has 7 heteroatoms. The zero-order valence-corrected chi connectivity index (χ0v) is 14.5. The number of benzene rings is 1. The van der Waals surface area contributed by atoms with Gasteiger partial charge in [0.1, 0.15) is 11.4 Å². The number of hydrogen-bond donors (Lipinski definition) is 4. The molecule has 0 spiro atoms. The Balaban J connectivity index is 1.58. The Hall–Kier alpha value is -2.83. The van der Waals surface area contributed by atoms with Crippen LogP contribution < -0.4 is 11.1 Å². The number of carboxylic acid groups (broad SMARTS) is 1. The highest BCUT2D eigenvalue weighted by Gasteiger charge is 2.24. The molecule has 7 nitrogen and oxygen atoms in total. The first-order chi connectivity index (χ1) is 12.4. The molecule has 138 valence electrons. The minimum atomic E-state index is -0.752. The number of hydrogen-bond acceptors (Lipinski definition) is 4. The number of amides is 1. The number of rotatable bonds is 6. The first-order valence-electron chi connectivity index (χ1n) is 8.83. The fourth-order valence-electron chi connectivity index (χ4n) is 3.50. The zero-order chi connectivity index (χ0) is 18.7. The average molecular weight is 357 g/mol. The molecule has 0 radical (unpaired) electrons. The number of fused-ring (bicyclic) bond motifs is 1. The van der Waals surface area contributed by atoms with Gasteiger partial charge < -0.3 is 20.6 Å². The van der Waals surface area contributed by atoms with Gasteiger partial charge in [-0.05, 0) is 62.3 Å². The third-order valence-electron chi connectivity index (χ3n) is 5.00. The van der Waals surface area contributed by atoms with Gasteiger partial charge in [-0.2, -0.15) is 0 Å². The number of carbonyl (C=O) groups is 2. The van der Waals surface area contributed by atoms with E-state index in [9.17, 15) is 9.59 Å². The molecule has 0 atom stereocenters. The summed E-state index contributed by atoms with van der Waals surface area (Å²) in [7, 11) is 0. The number of furan rings is 1. The van der Waals surface area contributed by atoms with Gasteiger partial charge in [0.15, 0.2) is 5.76 Å². The van der Waals surface area contributed by atoms with Gasteiger partial charge in [0, 0.05) is 23.4 Å². The maximum atomic E-state index is 12.4. The highest BCUT2D eigenvalue weighted by molar-refractivity contribution is 6.00. The summed E-state index contributed by atoms with van der Waals surface area (Å²) in [5.74, 6) is -0.360. The summed E-state index contributed by atoms with van der Waals surface area (Å²) in [6.07, 6.45) is 4.48. The molecule has 1 aromatic heterocycles. The van der Waals surface area contributed by atoms with Gasteiger partial charge in [0.25, 0.3) is 5.91 Å². The van der Waals surface area contributed by atoms with Gasteiger partial charge >= 0.3 is 5.97 Å². The Morgan fingerprint density at radius 2 is 1.96 bits per heavy atom. The van der Waals surface area contributed by atoms with Gasteiger partial charge in [0.05, 0.1) is 0 Å². The number of carboxylic acids is 1. The number of nitrogen functional groups attached to an aromatic ring is 1. The molecule has 0 bridgehead atoms. The molecular formula is C19H23N3O4. The van der Waals surface area contributed by atoms with Crippen LogP contribution in [-0.2, 0) is 4.79 Å². The second-order valence-corrected chi connectivity index (χ2v) is 6.90. The van der Waals surface area contributed by atoms with Gasteiger partial charge in [0.2, 0.25) is 0 Å². The molecule has 1 aliphatic rings. The van der Waals surface area contributed by atoms with E-state index in [0.29, 0.717) is 23.5 Å². The Morgan fingerprint density at radius 1 is 1.23 bits per heavy atom. The highest BCUT2D eigenvalue weighted by atomic mass is 16.4. The van der Waals surface area contributed by atoms with Crippen LogP contribution in [-0.4, -0.2) is 28.9 Å². The van der Waals surface area contributed by atoms with Crippen molar-refractivity contribution in [1.29, 1.82) is 5.41 Å². The van der Waals surface area contributed by atoms with E-state index in [1.54, 1.807) is 24.3 Å². The monoisotopic (exact) mass is 357 g/mol. The molecule has 1 heterocycles. The Labute approximate surface area is 151 Å². The summed E-state index contributed by atoms with van der Waals surface area (Å²) >= 11 is 0. The van der Waals surface area contributed by atoms with E-state index < -0.39 is 5.97 Å². The van der Waals surface area contributed by atoms with E-state index in [2.05, 4.69) is 5.32 Å². The summed E-state index contributed by atoms with van der Waals surface area (Å²) < 4.78 is 5.60. The lowest BCUT2D eigenvalue weighted by Gasteiger charge is -2.28. The highest BCUT2D eigenvalue weighted by Crippen LogP contribution is 2.28. The third kappa shape index (κ3) is 4.22. The summed E-state index contributed by atoms with van der Waals surface area (Å²) in [6, 6.07) is 6.87. The van der Waals surface area contributed by atoms with Gasteiger partial charge in [-0.3, -0.25) is 15.0 Å². The van der Waals surface area contributed by atoms with Crippen LogP contribution in [0.2, 0.25) is 0 Å². The molecular weight excluding hydrogens is 334 g/mol. The molecule has 0 unspecified atom stereocenters. The lowest BCUT2D eigenvalue weighted by molar-refractivity contribution is -0.137. The molecule has 1 saturated carbocycles. The Kier molecular flexibility index (Phi) is 5.25. The zero-order valence-electron chi connectivity index (χ0n) is 14.5. The molecule has 0 saturated heterocycles. The van der Waals surface area contributed by atoms with Crippen LogP contribution in [0.25, 0.3) is 11.0 Å². The second kappa shape index (κ2) is 7.59. The van der Waals surface area contributed by atoms with E-state index in [-0.39, 0.29) is 30.0 Å². The van der Waals surface area contributed by atoms with E-state index >= 15 is 0 Å². The van der Waals surface area contributed by atoms with Crippen LogP contribution in [0.15, 0.2) is 28.7 Å². The van der Waals surface area contributed by atoms with E-state index in [4.69, 9.17) is 20.7 Å². The number of nitrogens with one attached hydrogen (secondary N) is 2. The summed E-state index contributed by atoms with van der Waals surface area (Å²) in [5, 5.41) is 20.0. The third-order valence-corrected chi connectivity index (χ3v) is 5.00. The molecule has 0 aliphatic heterocycles. The normalized spacial score (nSPS) is 20.0. The minimum Gasteiger partial charge on any atom is -0.481 e. The fourth-order valence-corrected chi connectivity index (χ4v) is 3.50. The van der Waals surface area contributed by atoms with E-state index in [0.717, 1.165) is 31.1 Å². The summed E-state index contributed by atoms with van der Waals surface area (Å²) in [4.78, 5) is 23.1. The van der Waals surface area contributed by atoms with Gasteiger partial charge in [-0.25, -0.2) is 0 Å². The predicted octanol–water partition coefficient (Wildman–Crippen LogP) is 2.87. The average Bonchev–Trinajstić information content (AvgIpc) is 3.04. The largest absolute Gasteiger partial charge is 0.481 e. The van der Waals surface area contributed by atoms with Crippen molar-refractivity contribution < 1.29 is 19.1 Å². The Morgan fingerprint density at radius 3 is 2.62 bits per heavy atom. The van der Waals surface area contributed by atoms with E-state index in [1.165, 1.54) is 0 Å². The minimum absolute atomic E-state index is 0.0289. The van der Waals surface area contributed by atoms with Crippen LogP contribution >= 0.6 is 0 Å². The van der Waals surface area contributed by atoms with Crippen molar-refractivity contribution in [2.75, 3.05) is 0 Å². The SMILES string of the molecule is N=C(N)c1ccc2oc(C(=O)NC3CCC(CCC(=O)O)CC3)cc2c1. The predicted molar refractivity (Wildman–Crippen MR) is 97.3 cm³/mol. The quantitative estimate of drug-likeness (QED) is 0.466. The van der Waals surface area contributed by atoms with Crippen LogP contribution in [0.5, 0.6) is 0 Å². The molecule has 1 amide bonds. The maximum Gasteiger partial charge on any atom is 0.303 e. The van der Waals surface area contributed by atoms with Crippen molar-refractivity contribution in [1.82, 2.24) is 5.32 Å². The van der Waals surface area contributed by atoms with Crippen LogP contribution in [0.1, 0.15) is 54.6 Å². The first kappa shape index (κ1) is 18.0. The van der Waals surface area contributed by atoms with Crippen molar-refractivity contribution in [3.8, 4) is 0 Å². The molecule has 2 aromatic rings. The first-order valence-corrected chi connectivity index (χ1v) is 8.83. The van der Waals surface area contributed by atoms with Gasteiger partial charge in [-0.1, -0.05) is 0 Å². The fraction of sp³-hybridized carbons (Fsp3) is 0.421. The van der Waals surface area contributed by atoms with Crippen molar-refractivity contribution in [2.45, 2.75) is 44.6 Å². The van der Waals surface area contributed by atoms with Crippen LogP contribution in [0.3, 0.4) is 0 Å². The lowest BCUT2D eigenvalue weighted by atomic mass is 9.83. The standard InChI is InChI=1S/C19H23N3O4/c20-18(21)12-4-7-15-13(9-12)10-16(26-15)19(25)22-14-5-1-11(2-6-14)3-8-17(23)24/h4,7,9-11,14H,1-3,5-6,8H2,(H3,20,21)(H,22,25)(H,23,24). The molecule has 26 heavy (non-hydrogen) atoms. The Bertz CT molecular complexity index is 834. The van der Waals surface area contributed by atoms with Gasteiger partial charge in [-0.15, -0.1) is 0 Å². The van der Waals surface area contributed by atoms with Crippen LogP contribution in [0.4, 0.5) is 0 Å². The second-order valence-electron chi connectivity index (χ2n) is 6.90. The smallest absolute Gasteiger partial charge is 0.303 e. The van der Waals surface area contributed by atoms with Crippen LogP contribution in [0, 0.1) is 11.3 Å².